The number of benzene rings is 1. The van der Waals surface area contributed by atoms with Crippen molar-refractivity contribution in [3.05, 3.63) is 42.2 Å². The highest BCUT2D eigenvalue weighted by atomic mass is 31.2. The quantitative estimate of drug-likeness (QED) is 0.419. The SMILES string of the molecule is CC(Cn1cnc2c(NCc3ccccc3)nc(N)nc21)OCP(=O)(O)O. The Morgan fingerprint density at radius 2 is 2.04 bits per heavy atom. The standard InChI is InChI=1S/C16H21N6O4P/c1-11(26-10-27(23,24)25)8-22-9-19-13-14(20-16(17)21-15(13)22)18-7-12-5-3-2-4-6-12/h2-6,9,11H,7-8,10H2,1H3,(H2,23,24,25)(H3,17,18,20,21). The van der Waals surface area contributed by atoms with E-state index in [-0.39, 0.29) is 5.95 Å². The summed E-state index contributed by atoms with van der Waals surface area (Å²) in [6, 6.07) is 9.84. The number of nitrogens with one attached hydrogen (secondary N) is 1. The Bertz CT molecular complexity index is 958. The molecule has 1 unspecified atom stereocenters. The molecule has 1 aromatic carbocycles. The van der Waals surface area contributed by atoms with E-state index >= 15 is 0 Å². The van der Waals surface area contributed by atoms with Gasteiger partial charge >= 0.3 is 7.60 Å². The number of nitrogens with two attached hydrogens (primary N) is 1. The van der Waals surface area contributed by atoms with Crippen molar-refractivity contribution in [2.75, 3.05) is 17.4 Å². The van der Waals surface area contributed by atoms with Crippen LogP contribution in [-0.2, 0) is 22.4 Å². The van der Waals surface area contributed by atoms with Crippen LogP contribution in [0, 0.1) is 0 Å². The molecular formula is C16H21N6O4P. The molecule has 3 rings (SSSR count). The largest absolute Gasteiger partial charge is 0.368 e. The predicted octanol–water partition coefficient (Wildman–Crippen LogP) is 1.56. The molecule has 0 saturated carbocycles. The van der Waals surface area contributed by atoms with Crippen LogP contribution < -0.4 is 11.1 Å². The van der Waals surface area contributed by atoms with Crippen molar-refractivity contribution in [3.63, 3.8) is 0 Å². The highest BCUT2D eigenvalue weighted by Crippen LogP contribution is 2.34. The van der Waals surface area contributed by atoms with Crippen LogP contribution in [0.3, 0.4) is 0 Å². The summed E-state index contributed by atoms with van der Waals surface area (Å²) in [4.78, 5) is 30.6. The second-order valence-electron chi connectivity index (χ2n) is 6.11. The lowest BCUT2D eigenvalue weighted by Crippen LogP contribution is -2.17. The molecule has 3 aromatic rings. The first-order valence-electron chi connectivity index (χ1n) is 8.24. The second-order valence-corrected chi connectivity index (χ2v) is 7.70. The number of fused-ring (bicyclic) bond motifs is 1. The molecular weight excluding hydrogens is 371 g/mol. The molecule has 5 N–H and O–H groups in total. The van der Waals surface area contributed by atoms with Gasteiger partial charge in [0.25, 0.3) is 0 Å². The molecule has 0 aliphatic rings. The van der Waals surface area contributed by atoms with Crippen LogP contribution in [0.1, 0.15) is 12.5 Å². The average molecular weight is 392 g/mol. The van der Waals surface area contributed by atoms with E-state index in [9.17, 15) is 4.57 Å². The van der Waals surface area contributed by atoms with Crippen molar-refractivity contribution in [2.24, 2.45) is 0 Å². The third kappa shape index (κ3) is 5.24. The molecule has 0 bridgehead atoms. The maximum Gasteiger partial charge on any atom is 0.350 e. The first-order valence-corrected chi connectivity index (χ1v) is 10.0. The second kappa shape index (κ2) is 8.01. The molecule has 27 heavy (non-hydrogen) atoms. The third-order valence-electron chi connectivity index (χ3n) is 3.76. The van der Waals surface area contributed by atoms with Gasteiger partial charge in [-0.3, -0.25) is 4.57 Å². The zero-order valence-electron chi connectivity index (χ0n) is 14.7. The van der Waals surface area contributed by atoms with Crippen LogP contribution in [0.15, 0.2) is 36.7 Å². The number of anilines is 2. The Hall–Kier alpha value is -2.52. The van der Waals surface area contributed by atoms with E-state index in [1.807, 2.05) is 30.3 Å². The molecule has 1 atom stereocenters. The number of rotatable bonds is 8. The summed E-state index contributed by atoms with van der Waals surface area (Å²) in [6.07, 6.45) is 0.484. The fourth-order valence-corrected chi connectivity index (χ4v) is 3.00. The van der Waals surface area contributed by atoms with Gasteiger partial charge in [0.15, 0.2) is 17.0 Å². The Balaban J connectivity index is 1.77. The first kappa shape index (κ1) is 19.2. The van der Waals surface area contributed by atoms with Gasteiger partial charge in [-0.05, 0) is 12.5 Å². The van der Waals surface area contributed by atoms with Gasteiger partial charge < -0.3 is 30.1 Å². The van der Waals surface area contributed by atoms with Gasteiger partial charge in [-0.25, -0.2) is 4.98 Å². The molecule has 2 aromatic heterocycles. The highest BCUT2D eigenvalue weighted by Gasteiger charge is 2.18. The molecule has 2 heterocycles. The Morgan fingerprint density at radius 3 is 2.74 bits per heavy atom. The highest BCUT2D eigenvalue weighted by molar-refractivity contribution is 7.51. The first-order chi connectivity index (χ1) is 12.8. The molecule has 11 heteroatoms. The van der Waals surface area contributed by atoms with E-state index in [1.54, 1.807) is 17.8 Å². The Kier molecular flexibility index (Phi) is 5.71. The minimum absolute atomic E-state index is 0.101. The van der Waals surface area contributed by atoms with E-state index in [2.05, 4.69) is 20.3 Å². The van der Waals surface area contributed by atoms with Crippen LogP contribution in [-0.4, -0.2) is 41.8 Å². The van der Waals surface area contributed by atoms with Crippen molar-refractivity contribution in [2.45, 2.75) is 26.1 Å². The molecule has 0 spiro atoms. The predicted molar refractivity (Wildman–Crippen MR) is 101 cm³/mol. The lowest BCUT2D eigenvalue weighted by Gasteiger charge is -2.14. The minimum Gasteiger partial charge on any atom is -0.368 e. The van der Waals surface area contributed by atoms with Gasteiger partial charge in [0, 0.05) is 6.54 Å². The van der Waals surface area contributed by atoms with Crippen molar-refractivity contribution >= 4 is 30.5 Å². The summed E-state index contributed by atoms with van der Waals surface area (Å²) in [7, 11) is -4.21. The number of ether oxygens (including phenoxy) is 1. The number of nitrogens with zero attached hydrogens (tertiary/aromatic N) is 4. The average Bonchev–Trinajstić information content (AvgIpc) is 3.01. The van der Waals surface area contributed by atoms with Gasteiger partial charge in [0.05, 0.1) is 19.0 Å². The lowest BCUT2D eigenvalue weighted by atomic mass is 10.2. The maximum atomic E-state index is 10.9. The maximum absolute atomic E-state index is 10.9. The summed E-state index contributed by atoms with van der Waals surface area (Å²) in [6.45, 7) is 2.58. The van der Waals surface area contributed by atoms with Gasteiger partial charge in [-0.1, -0.05) is 30.3 Å². The van der Waals surface area contributed by atoms with Gasteiger partial charge in [0.2, 0.25) is 5.95 Å². The molecule has 10 nitrogen and oxygen atoms in total. The summed E-state index contributed by atoms with van der Waals surface area (Å²) >= 11 is 0. The number of imidazole rings is 1. The number of nitrogen functional groups attached to an aromatic ring is 1. The van der Waals surface area contributed by atoms with E-state index in [4.69, 9.17) is 20.3 Å². The van der Waals surface area contributed by atoms with E-state index in [0.717, 1.165) is 5.56 Å². The number of aromatic nitrogens is 4. The molecule has 0 fully saturated rings. The van der Waals surface area contributed by atoms with Crippen molar-refractivity contribution in [1.82, 2.24) is 19.5 Å². The van der Waals surface area contributed by atoms with Crippen molar-refractivity contribution in [1.29, 1.82) is 0 Å². The smallest absolute Gasteiger partial charge is 0.350 e. The van der Waals surface area contributed by atoms with E-state index in [0.29, 0.717) is 30.1 Å². The molecule has 0 aliphatic carbocycles. The Morgan fingerprint density at radius 1 is 1.30 bits per heavy atom. The molecule has 144 valence electrons. The normalized spacial score (nSPS) is 13.0. The van der Waals surface area contributed by atoms with Crippen LogP contribution in [0.2, 0.25) is 0 Å². The van der Waals surface area contributed by atoms with Crippen LogP contribution in [0.4, 0.5) is 11.8 Å². The Labute approximate surface area is 155 Å². The van der Waals surface area contributed by atoms with Gasteiger partial charge in [0.1, 0.15) is 6.35 Å². The summed E-state index contributed by atoms with van der Waals surface area (Å²) in [5.41, 5.74) is 7.99. The summed E-state index contributed by atoms with van der Waals surface area (Å²) in [5, 5.41) is 3.22. The van der Waals surface area contributed by atoms with Crippen LogP contribution in [0.5, 0.6) is 0 Å². The minimum atomic E-state index is -4.21. The van der Waals surface area contributed by atoms with E-state index in [1.165, 1.54) is 0 Å². The molecule has 0 saturated heterocycles. The monoisotopic (exact) mass is 392 g/mol. The summed E-state index contributed by atoms with van der Waals surface area (Å²) < 4.78 is 17.8. The molecule has 0 aliphatic heterocycles. The third-order valence-corrected chi connectivity index (χ3v) is 4.25. The molecule has 0 amide bonds. The number of hydrogen-bond donors (Lipinski definition) is 4. The van der Waals surface area contributed by atoms with Gasteiger partial charge in [-0.15, -0.1) is 0 Å². The van der Waals surface area contributed by atoms with Crippen molar-refractivity contribution < 1.29 is 19.1 Å². The zero-order chi connectivity index (χ0) is 19.4. The fraction of sp³-hybridized carbons (Fsp3) is 0.312. The topological polar surface area (TPSA) is 148 Å². The zero-order valence-corrected chi connectivity index (χ0v) is 15.6. The van der Waals surface area contributed by atoms with Gasteiger partial charge in [-0.2, -0.15) is 9.97 Å². The number of hydrogen-bond acceptors (Lipinski definition) is 7. The van der Waals surface area contributed by atoms with Crippen LogP contribution >= 0.6 is 7.60 Å². The molecule has 0 radical (unpaired) electrons. The lowest BCUT2D eigenvalue weighted by molar-refractivity contribution is 0.0764. The van der Waals surface area contributed by atoms with Crippen LogP contribution in [0.25, 0.3) is 11.2 Å². The van der Waals surface area contributed by atoms with Crippen molar-refractivity contribution in [3.8, 4) is 0 Å². The van der Waals surface area contributed by atoms with E-state index < -0.39 is 20.0 Å². The summed E-state index contributed by atoms with van der Waals surface area (Å²) in [5.74, 6) is 0.618. The fourth-order valence-electron chi connectivity index (χ4n) is 2.55.